The monoisotopic (exact) mass is 233 g/mol. The van der Waals surface area contributed by atoms with Crippen LogP contribution in [0.25, 0.3) is 0 Å². The van der Waals surface area contributed by atoms with E-state index in [9.17, 15) is 4.79 Å². The van der Waals surface area contributed by atoms with Crippen LogP contribution in [0.15, 0.2) is 24.3 Å². The van der Waals surface area contributed by atoms with Crippen molar-refractivity contribution in [2.24, 2.45) is 11.8 Å². The zero-order valence-corrected chi connectivity index (χ0v) is 10.1. The van der Waals surface area contributed by atoms with Crippen LogP contribution >= 0.6 is 0 Å². The third kappa shape index (κ3) is 2.99. The number of amides is 1. The lowest BCUT2D eigenvalue weighted by molar-refractivity contribution is 0.0944. The van der Waals surface area contributed by atoms with Crippen molar-refractivity contribution in [3.8, 4) is 5.75 Å². The van der Waals surface area contributed by atoms with Crippen molar-refractivity contribution in [2.45, 2.75) is 26.2 Å². The minimum atomic E-state index is -0.0518. The number of nitrogens with one attached hydrogen (secondary N) is 1. The Kier molecular flexibility index (Phi) is 3.67. The predicted molar refractivity (Wildman–Crippen MR) is 66.9 cm³/mol. The Hall–Kier alpha value is -1.51. The molecule has 0 spiro atoms. The molecule has 0 radical (unpaired) electrons. The van der Waals surface area contributed by atoms with E-state index in [1.807, 2.05) is 0 Å². The number of hydrogen-bond donors (Lipinski definition) is 2. The van der Waals surface area contributed by atoms with Gasteiger partial charge in [-0.3, -0.25) is 4.79 Å². The highest BCUT2D eigenvalue weighted by molar-refractivity contribution is 5.94. The van der Waals surface area contributed by atoms with Crippen LogP contribution in [0.3, 0.4) is 0 Å². The van der Waals surface area contributed by atoms with Gasteiger partial charge < -0.3 is 10.4 Å². The average Bonchev–Trinajstić information content (AvgIpc) is 2.73. The Bertz CT molecular complexity index is 386. The number of hydrogen-bond acceptors (Lipinski definition) is 2. The van der Waals surface area contributed by atoms with Gasteiger partial charge in [0, 0.05) is 12.1 Å². The van der Waals surface area contributed by atoms with Crippen LogP contribution < -0.4 is 5.32 Å². The van der Waals surface area contributed by atoms with E-state index < -0.39 is 0 Å². The van der Waals surface area contributed by atoms with E-state index in [4.69, 9.17) is 5.11 Å². The fraction of sp³-hybridized carbons (Fsp3) is 0.500. The molecule has 2 unspecified atom stereocenters. The van der Waals surface area contributed by atoms with Crippen molar-refractivity contribution < 1.29 is 9.90 Å². The Morgan fingerprint density at radius 1 is 1.35 bits per heavy atom. The first-order valence-corrected chi connectivity index (χ1v) is 6.24. The van der Waals surface area contributed by atoms with Crippen LogP contribution in [0.4, 0.5) is 0 Å². The molecule has 1 aromatic rings. The van der Waals surface area contributed by atoms with E-state index in [0.717, 1.165) is 12.5 Å². The number of rotatable bonds is 3. The van der Waals surface area contributed by atoms with Gasteiger partial charge in [0.2, 0.25) is 0 Å². The number of phenolic OH excluding ortho intramolecular Hbond substituents is 1. The van der Waals surface area contributed by atoms with Crippen molar-refractivity contribution in [3.63, 3.8) is 0 Å². The van der Waals surface area contributed by atoms with Gasteiger partial charge in [-0.1, -0.05) is 19.8 Å². The molecule has 0 aliphatic heterocycles. The second-order valence-corrected chi connectivity index (χ2v) is 4.93. The van der Waals surface area contributed by atoms with Gasteiger partial charge in [0.05, 0.1) is 0 Å². The number of carbonyl (C=O) groups excluding carboxylic acids is 1. The second-order valence-electron chi connectivity index (χ2n) is 4.93. The summed E-state index contributed by atoms with van der Waals surface area (Å²) in [6.45, 7) is 3.02. The highest BCUT2D eigenvalue weighted by Crippen LogP contribution is 2.30. The molecule has 1 saturated carbocycles. The van der Waals surface area contributed by atoms with Crippen molar-refractivity contribution in [1.29, 1.82) is 0 Å². The molecule has 3 nitrogen and oxygen atoms in total. The molecular formula is C14H19NO2. The molecule has 3 heteroatoms. The second kappa shape index (κ2) is 5.21. The predicted octanol–water partition coefficient (Wildman–Crippen LogP) is 2.56. The molecule has 2 atom stereocenters. The largest absolute Gasteiger partial charge is 0.508 e. The summed E-state index contributed by atoms with van der Waals surface area (Å²) < 4.78 is 0. The first kappa shape index (κ1) is 12.0. The van der Waals surface area contributed by atoms with Gasteiger partial charge >= 0.3 is 0 Å². The maximum Gasteiger partial charge on any atom is 0.251 e. The molecule has 0 bridgehead atoms. The molecule has 92 valence electrons. The van der Waals surface area contributed by atoms with Crippen molar-refractivity contribution in [1.82, 2.24) is 5.32 Å². The number of carbonyl (C=O) groups is 1. The summed E-state index contributed by atoms with van der Waals surface area (Å²) in [7, 11) is 0. The maximum atomic E-state index is 11.8. The van der Waals surface area contributed by atoms with Crippen LogP contribution in [0, 0.1) is 11.8 Å². The van der Waals surface area contributed by atoms with E-state index in [1.54, 1.807) is 12.1 Å². The average molecular weight is 233 g/mol. The number of benzene rings is 1. The smallest absolute Gasteiger partial charge is 0.251 e. The van der Waals surface area contributed by atoms with E-state index in [0.29, 0.717) is 11.5 Å². The zero-order valence-electron chi connectivity index (χ0n) is 10.1. The zero-order chi connectivity index (χ0) is 12.3. The Morgan fingerprint density at radius 3 is 2.65 bits per heavy atom. The lowest BCUT2D eigenvalue weighted by Gasteiger charge is -2.15. The molecule has 1 fully saturated rings. The summed E-state index contributed by atoms with van der Waals surface area (Å²) in [4.78, 5) is 11.8. The minimum Gasteiger partial charge on any atom is -0.508 e. The van der Waals surface area contributed by atoms with Crippen LogP contribution in [-0.4, -0.2) is 17.6 Å². The molecule has 2 rings (SSSR count). The van der Waals surface area contributed by atoms with Gasteiger partial charge in [0.25, 0.3) is 5.91 Å². The van der Waals surface area contributed by atoms with Crippen molar-refractivity contribution in [3.05, 3.63) is 29.8 Å². The lowest BCUT2D eigenvalue weighted by atomic mass is 9.98. The van der Waals surface area contributed by atoms with Crippen LogP contribution in [0.5, 0.6) is 5.75 Å². The summed E-state index contributed by atoms with van der Waals surface area (Å²) >= 11 is 0. The van der Waals surface area contributed by atoms with Crippen molar-refractivity contribution in [2.75, 3.05) is 6.54 Å². The van der Waals surface area contributed by atoms with E-state index in [2.05, 4.69) is 12.2 Å². The lowest BCUT2D eigenvalue weighted by Crippen LogP contribution is -2.30. The Morgan fingerprint density at radius 2 is 2.06 bits per heavy atom. The van der Waals surface area contributed by atoms with Gasteiger partial charge in [-0.05, 0) is 42.5 Å². The molecular weight excluding hydrogens is 214 g/mol. The highest BCUT2D eigenvalue weighted by atomic mass is 16.3. The molecule has 0 saturated heterocycles. The van der Waals surface area contributed by atoms with Crippen molar-refractivity contribution >= 4 is 5.91 Å². The third-order valence-electron chi connectivity index (χ3n) is 3.69. The fourth-order valence-corrected chi connectivity index (χ4v) is 2.46. The molecule has 17 heavy (non-hydrogen) atoms. The van der Waals surface area contributed by atoms with Gasteiger partial charge in [0.15, 0.2) is 0 Å². The topological polar surface area (TPSA) is 49.3 Å². The van der Waals surface area contributed by atoms with Gasteiger partial charge in [0.1, 0.15) is 5.75 Å². The molecule has 1 aromatic carbocycles. The van der Waals surface area contributed by atoms with Crippen LogP contribution in [-0.2, 0) is 0 Å². The van der Waals surface area contributed by atoms with E-state index >= 15 is 0 Å². The van der Waals surface area contributed by atoms with E-state index in [1.165, 1.54) is 31.4 Å². The van der Waals surface area contributed by atoms with E-state index in [-0.39, 0.29) is 11.7 Å². The summed E-state index contributed by atoms with van der Waals surface area (Å²) in [5.41, 5.74) is 0.605. The summed E-state index contributed by atoms with van der Waals surface area (Å²) in [6.07, 6.45) is 3.78. The first-order chi connectivity index (χ1) is 8.16. The quantitative estimate of drug-likeness (QED) is 0.843. The molecule has 1 amide bonds. The Balaban J connectivity index is 1.87. The van der Waals surface area contributed by atoms with Gasteiger partial charge in [-0.15, -0.1) is 0 Å². The highest BCUT2D eigenvalue weighted by Gasteiger charge is 2.23. The SMILES string of the molecule is CC1CCCC1CNC(=O)c1ccc(O)cc1. The summed E-state index contributed by atoms with van der Waals surface area (Å²) in [6, 6.07) is 6.35. The molecule has 0 aromatic heterocycles. The first-order valence-electron chi connectivity index (χ1n) is 6.24. The molecule has 1 aliphatic rings. The van der Waals surface area contributed by atoms with Gasteiger partial charge in [-0.25, -0.2) is 0 Å². The maximum absolute atomic E-state index is 11.8. The third-order valence-corrected chi connectivity index (χ3v) is 3.69. The number of phenols is 1. The molecule has 2 N–H and O–H groups in total. The number of aromatic hydroxyl groups is 1. The van der Waals surface area contributed by atoms with Crippen LogP contribution in [0.1, 0.15) is 36.5 Å². The standard InChI is InChI=1S/C14H19NO2/c1-10-3-2-4-12(10)9-15-14(17)11-5-7-13(16)8-6-11/h5-8,10,12,16H,2-4,9H2,1H3,(H,15,17). The summed E-state index contributed by atoms with van der Waals surface area (Å²) in [5.74, 6) is 1.47. The minimum absolute atomic E-state index is 0.0518. The Labute approximate surface area is 102 Å². The molecule has 1 aliphatic carbocycles. The normalized spacial score (nSPS) is 23.6. The van der Waals surface area contributed by atoms with Crippen LogP contribution in [0.2, 0.25) is 0 Å². The summed E-state index contributed by atoms with van der Waals surface area (Å²) in [5, 5.41) is 12.1. The fourth-order valence-electron chi connectivity index (χ4n) is 2.46. The van der Waals surface area contributed by atoms with Gasteiger partial charge in [-0.2, -0.15) is 0 Å². The molecule has 0 heterocycles.